The normalized spacial score (nSPS) is 12.2. The highest BCUT2D eigenvalue weighted by atomic mass is 32.1. The van der Waals surface area contributed by atoms with E-state index in [1.165, 1.54) is 15.8 Å². The zero-order chi connectivity index (χ0) is 17.1. The lowest BCUT2D eigenvalue weighted by molar-refractivity contribution is 0.397. The molecule has 1 atom stereocenters. The highest BCUT2D eigenvalue weighted by Crippen LogP contribution is 2.33. The molecule has 0 saturated heterocycles. The summed E-state index contributed by atoms with van der Waals surface area (Å²) in [7, 11) is 1.60. The van der Waals surface area contributed by atoms with Gasteiger partial charge in [-0.1, -0.05) is 24.3 Å². The number of methoxy groups -OCH3 is 1. The molecule has 0 radical (unpaired) electrons. The van der Waals surface area contributed by atoms with Gasteiger partial charge in [0.1, 0.15) is 0 Å². The Kier molecular flexibility index (Phi) is 4.35. The molecular formula is C19H18N4OS. The van der Waals surface area contributed by atoms with Crippen LogP contribution in [0.25, 0.3) is 10.9 Å². The number of H-pyrrole nitrogens is 1. The van der Waals surface area contributed by atoms with Crippen LogP contribution in [0, 0.1) is 0 Å². The summed E-state index contributed by atoms with van der Waals surface area (Å²) in [5.74, 6) is 1.34. The summed E-state index contributed by atoms with van der Waals surface area (Å²) in [5, 5.41) is 6.71. The fraction of sp³-hybridized carbons (Fsp3) is 0.158. The van der Waals surface area contributed by atoms with Gasteiger partial charge in [0, 0.05) is 46.7 Å². The average Bonchev–Trinajstić information content (AvgIpc) is 3.33. The molecule has 0 bridgehead atoms. The van der Waals surface area contributed by atoms with Crippen LogP contribution in [0.15, 0.2) is 60.2 Å². The molecule has 6 heteroatoms. The van der Waals surface area contributed by atoms with Gasteiger partial charge in [-0.3, -0.25) is 0 Å². The monoisotopic (exact) mass is 350 g/mol. The lowest BCUT2D eigenvalue weighted by Gasteiger charge is -2.16. The van der Waals surface area contributed by atoms with E-state index >= 15 is 0 Å². The van der Waals surface area contributed by atoms with Crippen molar-refractivity contribution in [2.45, 2.75) is 5.92 Å². The standard InChI is InChI=1S/C19H18N4OS/c1-24-18-8-9-20-19(23-18)22-12-15(17-7-4-10-25-17)14-11-21-16-6-3-2-5-13(14)16/h2-11,15,21H,12H2,1H3,(H,20,22,23)/t15-/m1/s1. The fourth-order valence-electron chi connectivity index (χ4n) is 2.97. The molecule has 2 N–H and O–H groups in total. The number of benzene rings is 1. The van der Waals surface area contributed by atoms with E-state index < -0.39 is 0 Å². The number of aromatic nitrogens is 3. The van der Waals surface area contributed by atoms with E-state index in [4.69, 9.17) is 4.74 Å². The molecule has 0 aliphatic heterocycles. The lowest BCUT2D eigenvalue weighted by atomic mass is 9.97. The molecule has 0 amide bonds. The van der Waals surface area contributed by atoms with Crippen molar-refractivity contribution in [1.29, 1.82) is 0 Å². The maximum atomic E-state index is 5.17. The van der Waals surface area contributed by atoms with Gasteiger partial charge in [0.15, 0.2) is 0 Å². The van der Waals surface area contributed by atoms with Crippen LogP contribution in [0.1, 0.15) is 16.4 Å². The van der Waals surface area contributed by atoms with Crippen molar-refractivity contribution in [1.82, 2.24) is 15.0 Å². The minimum atomic E-state index is 0.214. The molecule has 0 saturated carbocycles. The van der Waals surface area contributed by atoms with E-state index in [-0.39, 0.29) is 5.92 Å². The first-order chi connectivity index (χ1) is 12.3. The van der Waals surface area contributed by atoms with Crippen LogP contribution in [0.3, 0.4) is 0 Å². The van der Waals surface area contributed by atoms with Crippen LogP contribution in [0.4, 0.5) is 5.95 Å². The number of para-hydroxylation sites is 1. The number of ether oxygens (including phenoxy) is 1. The van der Waals surface area contributed by atoms with Crippen LogP contribution in [0.5, 0.6) is 5.88 Å². The quantitative estimate of drug-likeness (QED) is 0.545. The predicted molar refractivity (Wildman–Crippen MR) is 102 cm³/mol. The summed E-state index contributed by atoms with van der Waals surface area (Å²) in [6, 6.07) is 14.4. The number of hydrogen-bond donors (Lipinski definition) is 2. The highest BCUT2D eigenvalue weighted by Gasteiger charge is 2.19. The molecule has 0 unspecified atom stereocenters. The van der Waals surface area contributed by atoms with Crippen LogP contribution in [-0.2, 0) is 0 Å². The molecule has 3 heterocycles. The minimum Gasteiger partial charge on any atom is -0.481 e. The molecule has 5 nitrogen and oxygen atoms in total. The molecule has 0 spiro atoms. The van der Waals surface area contributed by atoms with Crippen LogP contribution < -0.4 is 10.1 Å². The Labute approximate surface area is 149 Å². The number of aromatic amines is 1. The van der Waals surface area contributed by atoms with Gasteiger partial charge in [-0.05, 0) is 23.1 Å². The molecule has 25 heavy (non-hydrogen) atoms. The second kappa shape index (κ2) is 6.94. The molecule has 0 fully saturated rings. The summed E-state index contributed by atoms with van der Waals surface area (Å²) in [5.41, 5.74) is 2.42. The Balaban J connectivity index is 1.65. The van der Waals surface area contributed by atoms with Gasteiger partial charge in [0.05, 0.1) is 7.11 Å². The molecule has 1 aromatic carbocycles. The first-order valence-corrected chi connectivity index (χ1v) is 8.93. The SMILES string of the molecule is COc1ccnc(NC[C@@H](c2cccs2)c2c[nH]c3ccccc23)n1. The summed E-state index contributed by atoms with van der Waals surface area (Å²) >= 11 is 1.76. The van der Waals surface area contributed by atoms with E-state index in [1.54, 1.807) is 30.7 Å². The Morgan fingerprint density at radius 2 is 2.12 bits per heavy atom. The van der Waals surface area contributed by atoms with Gasteiger partial charge >= 0.3 is 0 Å². The second-order valence-electron chi connectivity index (χ2n) is 5.66. The Morgan fingerprint density at radius 1 is 1.20 bits per heavy atom. The molecular weight excluding hydrogens is 332 g/mol. The maximum absolute atomic E-state index is 5.17. The van der Waals surface area contributed by atoms with Crippen molar-refractivity contribution in [3.05, 3.63) is 70.7 Å². The third-order valence-electron chi connectivity index (χ3n) is 4.19. The van der Waals surface area contributed by atoms with E-state index in [9.17, 15) is 0 Å². The van der Waals surface area contributed by atoms with Gasteiger partial charge in [0.25, 0.3) is 0 Å². The fourth-order valence-corrected chi connectivity index (χ4v) is 3.82. The van der Waals surface area contributed by atoms with Crippen molar-refractivity contribution in [3.8, 4) is 5.88 Å². The number of nitrogens with one attached hydrogen (secondary N) is 2. The topological polar surface area (TPSA) is 62.8 Å². The highest BCUT2D eigenvalue weighted by molar-refractivity contribution is 7.10. The van der Waals surface area contributed by atoms with Crippen LogP contribution >= 0.6 is 11.3 Å². The second-order valence-corrected chi connectivity index (χ2v) is 6.64. The number of anilines is 1. The van der Waals surface area contributed by atoms with Crippen molar-refractivity contribution >= 4 is 28.2 Å². The number of hydrogen-bond acceptors (Lipinski definition) is 5. The molecule has 3 aromatic heterocycles. The van der Waals surface area contributed by atoms with Crippen molar-refractivity contribution in [2.75, 3.05) is 19.0 Å². The summed E-state index contributed by atoms with van der Waals surface area (Å²) in [4.78, 5) is 13.3. The Bertz CT molecular complexity index is 964. The van der Waals surface area contributed by atoms with E-state index in [0.29, 0.717) is 18.4 Å². The molecule has 0 aliphatic rings. The molecule has 126 valence electrons. The van der Waals surface area contributed by atoms with Gasteiger partial charge in [-0.25, -0.2) is 4.98 Å². The summed E-state index contributed by atoms with van der Waals surface area (Å²) in [6.07, 6.45) is 3.79. The van der Waals surface area contributed by atoms with Gasteiger partial charge in [-0.2, -0.15) is 4.98 Å². The molecule has 4 aromatic rings. The predicted octanol–water partition coefficient (Wildman–Crippen LogP) is 4.27. The number of fused-ring (bicyclic) bond motifs is 1. The molecule has 4 rings (SSSR count). The Morgan fingerprint density at radius 3 is 2.96 bits per heavy atom. The summed E-state index contributed by atoms with van der Waals surface area (Å²) in [6.45, 7) is 0.704. The average molecular weight is 350 g/mol. The van der Waals surface area contributed by atoms with Gasteiger partial charge < -0.3 is 15.0 Å². The third-order valence-corrected chi connectivity index (χ3v) is 5.17. The largest absolute Gasteiger partial charge is 0.481 e. The minimum absolute atomic E-state index is 0.214. The first-order valence-electron chi connectivity index (χ1n) is 8.05. The third kappa shape index (κ3) is 3.21. The van der Waals surface area contributed by atoms with E-state index in [2.05, 4.69) is 62.2 Å². The van der Waals surface area contributed by atoms with Crippen LogP contribution in [0.2, 0.25) is 0 Å². The van der Waals surface area contributed by atoms with Crippen molar-refractivity contribution < 1.29 is 4.74 Å². The summed E-state index contributed by atoms with van der Waals surface area (Å²) < 4.78 is 5.17. The van der Waals surface area contributed by atoms with Gasteiger partial charge in [0.2, 0.25) is 11.8 Å². The smallest absolute Gasteiger partial charge is 0.225 e. The first kappa shape index (κ1) is 15.7. The number of rotatable bonds is 6. The number of nitrogens with zero attached hydrogens (tertiary/aromatic N) is 2. The maximum Gasteiger partial charge on any atom is 0.225 e. The Hall–Kier alpha value is -2.86. The van der Waals surface area contributed by atoms with E-state index in [1.807, 2.05) is 6.07 Å². The number of thiophene rings is 1. The van der Waals surface area contributed by atoms with Gasteiger partial charge in [-0.15, -0.1) is 11.3 Å². The van der Waals surface area contributed by atoms with Crippen molar-refractivity contribution in [3.63, 3.8) is 0 Å². The lowest BCUT2D eigenvalue weighted by Crippen LogP contribution is -2.14. The zero-order valence-electron chi connectivity index (χ0n) is 13.8. The molecule has 0 aliphatic carbocycles. The van der Waals surface area contributed by atoms with Crippen LogP contribution in [-0.4, -0.2) is 28.6 Å². The van der Waals surface area contributed by atoms with Crippen molar-refractivity contribution in [2.24, 2.45) is 0 Å². The zero-order valence-corrected chi connectivity index (χ0v) is 14.6. The van der Waals surface area contributed by atoms with E-state index in [0.717, 1.165) is 5.52 Å².